The maximum Gasteiger partial charge on any atom is 0.289 e. The molecule has 0 unspecified atom stereocenters. The van der Waals surface area contributed by atoms with Crippen LogP contribution < -0.4 is 0 Å². The van der Waals surface area contributed by atoms with Gasteiger partial charge in [-0.1, -0.05) is 11.6 Å². The number of hydrogen-bond donors (Lipinski definition) is 0. The molecule has 122 valence electrons. The summed E-state index contributed by atoms with van der Waals surface area (Å²) in [5.41, 5.74) is 0.590. The van der Waals surface area contributed by atoms with Crippen molar-refractivity contribution in [2.45, 2.75) is 0 Å². The molecule has 0 radical (unpaired) electrons. The van der Waals surface area contributed by atoms with Gasteiger partial charge in [-0.25, -0.2) is 0 Å². The van der Waals surface area contributed by atoms with Gasteiger partial charge in [0.1, 0.15) is 5.58 Å². The lowest BCUT2D eigenvalue weighted by Gasteiger charge is -2.25. The van der Waals surface area contributed by atoms with E-state index in [-0.39, 0.29) is 11.3 Å². The summed E-state index contributed by atoms with van der Waals surface area (Å²) < 4.78 is 16.7. The number of carbonyl (C=O) groups is 1. The first-order valence-electron chi connectivity index (χ1n) is 7.66. The maximum absolute atomic E-state index is 12.8. The summed E-state index contributed by atoms with van der Waals surface area (Å²) >= 11 is 5.99. The lowest BCUT2D eigenvalue weighted by molar-refractivity contribution is 0.0478. The number of halogens is 1. The third kappa shape index (κ3) is 2.43. The fraction of sp³-hybridized carbons (Fsp3) is 0.471. The Morgan fingerprint density at radius 1 is 1.48 bits per heavy atom. The molecule has 0 N–H and O–H groups in total. The molecule has 5 nitrogen and oxygen atoms in total. The van der Waals surface area contributed by atoms with E-state index in [2.05, 4.69) is 0 Å². The smallest absolute Gasteiger partial charge is 0.289 e. The predicted octanol–water partition coefficient (Wildman–Crippen LogP) is 2.82. The lowest BCUT2D eigenvalue weighted by atomic mass is 9.82. The summed E-state index contributed by atoms with van der Waals surface area (Å²) in [5, 5.41) is 1.47. The van der Waals surface area contributed by atoms with Crippen LogP contribution in [0.5, 0.6) is 0 Å². The van der Waals surface area contributed by atoms with Gasteiger partial charge in [0.05, 0.1) is 19.8 Å². The van der Waals surface area contributed by atoms with Gasteiger partial charge in [-0.15, -0.1) is 0 Å². The van der Waals surface area contributed by atoms with Gasteiger partial charge in [-0.2, -0.15) is 0 Å². The van der Waals surface area contributed by atoms with E-state index in [0.29, 0.717) is 55.2 Å². The van der Waals surface area contributed by atoms with Crippen molar-refractivity contribution in [3.8, 4) is 0 Å². The highest BCUT2D eigenvalue weighted by Gasteiger charge is 2.52. The number of furan rings is 1. The van der Waals surface area contributed by atoms with Crippen molar-refractivity contribution in [1.29, 1.82) is 0 Å². The molecule has 6 heteroatoms. The summed E-state index contributed by atoms with van der Waals surface area (Å²) in [5.74, 6) is 0.600. The van der Waals surface area contributed by atoms with E-state index in [9.17, 15) is 4.79 Å². The fourth-order valence-electron chi connectivity index (χ4n) is 3.75. The number of fused-ring (bicyclic) bond motifs is 2. The topological polar surface area (TPSA) is 51.9 Å². The zero-order valence-electron chi connectivity index (χ0n) is 12.9. The number of likely N-dealkylation sites (tertiary alicyclic amines) is 1. The van der Waals surface area contributed by atoms with Crippen LogP contribution in [0.2, 0.25) is 5.02 Å². The van der Waals surface area contributed by atoms with E-state index < -0.39 is 0 Å². The molecular formula is C17H18ClNO4. The number of rotatable bonds is 3. The molecule has 1 aromatic heterocycles. The number of benzene rings is 1. The van der Waals surface area contributed by atoms with E-state index in [1.165, 1.54) is 0 Å². The highest BCUT2D eigenvalue weighted by atomic mass is 35.5. The van der Waals surface area contributed by atoms with Crippen molar-refractivity contribution in [3.63, 3.8) is 0 Å². The van der Waals surface area contributed by atoms with E-state index in [1.807, 2.05) is 4.90 Å². The fourth-order valence-corrected chi connectivity index (χ4v) is 3.93. The third-order valence-corrected chi connectivity index (χ3v) is 5.16. The molecule has 23 heavy (non-hydrogen) atoms. The van der Waals surface area contributed by atoms with Crippen molar-refractivity contribution in [2.24, 2.45) is 11.3 Å². The Morgan fingerprint density at radius 3 is 3.17 bits per heavy atom. The SMILES string of the molecule is COC[C@@]12COC[C@@H]1CN(C(=O)c1cc3cc(Cl)ccc3o1)C2. The van der Waals surface area contributed by atoms with Crippen LogP contribution in [0.15, 0.2) is 28.7 Å². The molecule has 0 saturated carbocycles. The standard InChI is InChI=1S/C17H18ClNO4/c1-21-9-17-8-19(6-12(17)7-22-10-17)16(20)15-5-11-4-13(18)2-3-14(11)23-15/h2-5,12H,6-10H2,1H3/t12-,17-/m0/s1. The molecule has 2 saturated heterocycles. The number of nitrogens with zero attached hydrogens (tertiary/aromatic N) is 1. The van der Waals surface area contributed by atoms with Crippen LogP contribution in [0.1, 0.15) is 10.6 Å². The van der Waals surface area contributed by atoms with E-state index in [1.54, 1.807) is 31.4 Å². The molecule has 2 fully saturated rings. The summed E-state index contributed by atoms with van der Waals surface area (Å²) in [4.78, 5) is 14.6. The highest BCUT2D eigenvalue weighted by molar-refractivity contribution is 6.31. The predicted molar refractivity (Wildman–Crippen MR) is 85.7 cm³/mol. The zero-order chi connectivity index (χ0) is 16.0. The van der Waals surface area contributed by atoms with Crippen LogP contribution in [-0.4, -0.2) is 50.8 Å². The van der Waals surface area contributed by atoms with Crippen molar-refractivity contribution < 1.29 is 18.7 Å². The van der Waals surface area contributed by atoms with Gasteiger partial charge in [0.15, 0.2) is 5.76 Å². The Morgan fingerprint density at radius 2 is 2.35 bits per heavy atom. The second-order valence-electron chi connectivity index (χ2n) is 6.49. The maximum atomic E-state index is 12.8. The number of ether oxygens (including phenoxy) is 2. The molecule has 0 bridgehead atoms. The van der Waals surface area contributed by atoms with E-state index >= 15 is 0 Å². The van der Waals surface area contributed by atoms with Gasteiger partial charge >= 0.3 is 0 Å². The molecule has 0 aliphatic carbocycles. The average Bonchev–Trinajstić information content (AvgIpc) is 3.17. The minimum atomic E-state index is -0.0836. The Hall–Kier alpha value is -1.56. The van der Waals surface area contributed by atoms with Crippen LogP contribution >= 0.6 is 11.6 Å². The van der Waals surface area contributed by atoms with Crippen LogP contribution in [0.3, 0.4) is 0 Å². The first-order chi connectivity index (χ1) is 11.1. The lowest BCUT2D eigenvalue weighted by Crippen LogP contribution is -2.36. The molecule has 4 rings (SSSR count). The summed E-state index contributed by atoms with van der Waals surface area (Å²) in [6.45, 7) is 3.26. The molecule has 2 aliphatic heterocycles. The molecule has 2 aromatic rings. The van der Waals surface area contributed by atoms with Crippen molar-refractivity contribution in [3.05, 3.63) is 35.0 Å². The van der Waals surface area contributed by atoms with E-state index in [0.717, 1.165) is 5.39 Å². The minimum Gasteiger partial charge on any atom is -0.451 e. The molecule has 1 aromatic carbocycles. The Bertz CT molecular complexity index is 758. The molecule has 0 spiro atoms. The van der Waals surface area contributed by atoms with Gasteiger partial charge in [0, 0.05) is 41.9 Å². The Labute approximate surface area is 139 Å². The van der Waals surface area contributed by atoms with E-state index in [4.69, 9.17) is 25.5 Å². The average molecular weight is 336 g/mol. The Balaban J connectivity index is 1.59. The van der Waals surface area contributed by atoms with Gasteiger partial charge in [-0.3, -0.25) is 4.79 Å². The van der Waals surface area contributed by atoms with Crippen LogP contribution in [0.25, 0.3) is 11.0 Å². The third-order valence-electron chi connectivity index (χ3n) is 4.93. The Kier molecular flexibility index (Phi) is 3.59. The van der Waals surface area contributed by atoms with Gasteiger partial charge in [-0.05, 0) is 24.3 Å². The second kappa shape index (κ2) is 5.51. The van der Waals surface area contributed by atoms with Crippen molar-refractivity contribution in [1.82, 2.24) is 4.90 Å². The zero-order valence-corrected chi connectivity index (χ0v) is 13.6. The van der Waals surface area contributed by atoms with Crippen molar-refractivity contribution >= 4 is 28.5 Å². The van der Waals surface area contributed by atoms with Crippen molar-refractivity contribution in [2.75, 3.05) is 40.0 Å². The molecule has 3 heterocycles. The number of amides is 1. The van der Waals surface area contributed by atoms with Gasteiger partial charge in [0.2, 0.25) is 0 Å². The normalized spacial score (nSPS) is 26.9. The number of carbonyl (C=O) groups excluding carboxylic acids is 1. The summed E-state index contributed by atoms with van der Waals surface area (Å²) in [6.07, 6.45) is 0. The largest absolute Gasteiger partial charge is 0.451 e. The van der Waals surface area contributed by atoms with Crippen LogP contribution in [0.4, 0.5) is 0 Å². The van der Waals surface area contributed by atoms with Gasteiger partial charge in [0.25, 0.3) is 5.91 Å². The summed E-state index contributed by atoms with van der Waals surface area (Å²) in [6, 6.07) is 7.10. The van der Waals surface area contributed by atoms with Gasteiger partial charge < -0.3 is 18.8 Å². The first-order valence-corrected chi connectivity index (χ1v) is 8.04. The quantitative estimate of drug-likeness (QED) is 0.865. The monoisotopic (exact) mass is 335 g/mol. The molecule has 2 aliphatic rings. The number of hydrogen-bond acceptors (Lipinski definition) is 4. The first kappa shape index (κ1) is 15.0. The van der Waals surface area contributed by atoms with Crippen LogP contribution in [0, 0.1) is 11.3 Å². The summed E-state index contributed by atoms with van der Waals surface area (Å²) in [7, 11) is 1.69. The highest BCUT2D eigenvalue weighted by Crippen LogP contribution is 2.42. The van der Waals surface area contributed by atoms with Crippen LogP contribution in [-0.2, 0) is 9.47 Å². The second-order valence-corrected chi connectivity index (χ2v) is 6.92. The minimum absolute atomic E-state index is 0.0813. The number of methoxy groups -OCH3 is 1. The molecule has 2 atom stereocenters. The molecule has 1 amide bonds. The molecular weight excluding hydrogens is 318 g/mol.